The number of allylic oxidation sites excluding steroid dienone is 2. The average Bonchev–Trinajstić information content (AvgIpc) is 2.74. The van der Waals surface area contributed by atoms with Crippen LogP contribution in [0.25, 0.3) is 0 Å². The highest BCUT2D eigenvalue weighted by Gasteiger charge is 2.24. The number of nitrogens with zero attached hydrogens (tertiary/aromatic N) is 1. The maximum atomic E-state index is 11.3. The van der Waals surface area contributed by atoms with E-state index in [4.69, 9.17) is 0 Å². The fourth-order valence-corrected chi connectivity index (χ4v) is 2.44. The summed E-state index contributed by atoms with van der Waals surface area (Å²) in [7, 11) is 0. The average molecular weight is 179 g/mol. The summed E-state index contributed by atoms with van der Waals surface area (Å²) in [5, 5.41) is 0. The lowest BCUT2D eigenvalue weighted by Gasteiger charge is -2.20. The highest BCUT2D eigenvalue weighted by atomic mass is 16.1. The first-order valence-electron chi connectivity index (χ1n) is 5.27. The Labute approximate surface area is 79.6 Å². The van der Waals surface area contributed by atoms with Crippen LogP contribution in [-0.2, 0) is 4.79 Å². The maximum Gasteiger partial charge on any atom is 0.157 e. The summed E-state index contributed by atoms with van der Waals surface area (Å²) in [5.74, 6) is 0.291. The second-order valence-corrected chi connectivity index (χ2v) is 4.03. The highest BCUT2D eigenvalue weighted by Crippen LogP contribution is 2.31. The van der Waals surface area contributed by atoms with E-state index >= 15 is 0 Å². The zero-order chi connectivity index (χ0) is 9.26. The van der Waals surface area contributed by atoms with Crippen molar-refractivity contribution in [2.24, 2.45) is 0 Å². The van der Waals surface area contributed by atoms with Crippen LogP contribution in [0.5, 0.6) is 0 Å². The van der Waals surface area contributed by atoms with Crippen molar-refractivity contribution in [3.63, 3.8) is 0 Å². The molecule has 0 amide bonds. The number of hydrogen-bond donors (Lipinski definition) is 0. The summed E-state index contributed by atoms with van der Waals surface area (Å²) >= 11 is 0. The van der Waals surface area contributed by atoms with Crippen LogP contribution in [0.2, 0.25) is 0 Å². The lowest BCUT2D eigenvalue weighted by atomic mass is 10.1. The number of Topliss-reactive ketones (excluding diaryl/α,β-unsaturated/α-hetero) is 1. The van der Waals surface area contributed by atoms with Crippen LogP contribution in [0.3, 0.4) is 0 Å². The molecule has 0 aromatic rings. The zero-order valence-corrected chi connectivity index (χ0v) is 8.31. The SMILES string of the molecule is CC(=O)C1=C(N2CCCC2)CCC1. The summed E-state index contributed by atoms with van der Waals surface area (Å²) in [5.41, 5.74) is 2.48. The van der Waals surface area contributed by atoms with Crippen LogP contribution in [0.1, 0.15) is 39.0 Å². The number of ketones is 1. The Morgan fingerprint density at radius 3 is 2.46 bits per heavy atom. The van der Waals surface area contributed by atoms with E-state index in [1.54, 1.807) is 6.92 Å². The van der Waals surface area contributed by atoms with Crippen molar-refractivity contribution in [3.05, 3.63) is 11.3 Å². The molecule has 72 valence electrons. The van der Waals surface area contributed by atoms with Crippen molar-refractivity contribution in [2.45, 2.75) is 39.0 Å². The molecule has 0 atom stereocenters. The smallest absolute Gasteiger partial charge is 0.157 e. The van der Waals surface area contributed by atoms with E-state index in [1.165, 1.54) is 38.0 Å². The number of likely N-dealkylation sites (tertiary alicyclic amines) is 1. The van der Waals surface area contributed by atoms with Gasteiger partial charge in [-0.25, -0.2) is 0 Å². The molecular formula is C11H17NO. The molecule has 0 aromatic heterocycles. The van der Waals surface area contributed by atoms with Crippen molar-refractivity contribution in [1.82, 2.24) is 4.90 Å². The van der Waals surface area contributed by atoms with E-state index in [1.807, 2.05) is 0 Å². The van der Waals surface area contributed by atoms with Crippen LogP contribution in [0.4, 0.5) is 0 Å². The van der Waals surface area contributed by atoms with Crippen molar-refractivity contribution in [2.75, 3.05) is 13.1 Å². The van der Waals surface area contributed by atoms with Gasteiger partial charge in [-0.15, -0.1) is 0 Å². The van der Waals surface area contributed by atoms with Gasteiger partial charge < -0.3 is 4.90 Å². The van der Waals surface area contributed by atoms with Gasteiger partial charge in [0.2, 0.25) is 0 Å². The van der Waals surface area contributed by atoms with E-state index in [0.717, 1.165) is 18.4 Å². The van der Waals surface area contributed by atoms with Gasteiger partial charge in [0.15, 0.2) is 5.78 Å². The quantitative estimate of drug-likeness (QED) is 0.647. The molecular weight excluding hydrogens is 162 g/mol. The third-order valence-corrected chi connectivity index (χ3v) is 3.10. The van der Waals surface area contributed by atoms with Crippen molar-refractivity contribution in [1.29, 1.82) is 0 Å². The minimum atomic E-state index is 0.291. The predicted octanol–water partition coefficient (Wildman–Crippen LogP) is 2.11. The molecule has 0 spiro atoms. The molecule has 1 aliphatic heterocycles. The zero-order valence-electron chi connectivity index (χ0n) is 8.31. The summed E-state index contributed by atoms with van der Waals surface area (Å²) in [6.45, 7) is 4.05. The maximum absolute atomic E-state index is 11.3. The highest BCUT2D eigenvalue weighted by molar-refractivity contribution is 5.94. The molecule has 1 aliphatic carbocycles. The molecule has 2 aliphatic rings. The largest absolute Gasteiger partial charge is 0.374 e. The van der Waals surface area contributed by atoms with Gasteiger partial charge in [-0.3, -0.25) is 4.79 Å². The molecule has 0 aromatic carbocycles. The van der Waals surface area contributed by atoms with Crippen LogP contribution < -0.4 is 0 Å². The van der Waals surface area contributed by atoms with Gasteiger partial charge >= 0.3 is 0 Å². The molecule has 1 heterocycles. The van der Waals surface area contributed by atoms with Gasteiger partial charge in [0, 0.05) is 24.4 Å². The van der Waals surface area contributed by atoms with Gasteiger partial charge in [-0.05, 0) is 39.0 Å². The Bertz CT molecular complexity index is 249. The van der Waals surface area contributed by atoms with Gasteiger partial charge in [0.05, 0.1) is 0 Å². The lowest BCUT2D eigenvalue weighted by Crippen LogP contribution is -2.19. The lowest BCUT2D eigenvalue weighted by molar-refractivity contribution is -0.113. The first-order valence-corrected chi connectivity index (χ1v) is 5.27. The molecule has 0 bridgehead atoms. The Kier molecular flexibility index (Phi) is 2.38. The standard InChI is InChI=1S/C11H17NO/c1-9(13)10-5-4-6-11(10)12-7-2-3-8-12/h2-8H2,1H3. The number of hydrogen-bond acceptors (Lipinski definition) is 2. The number of carbonyl (C=O) groups is 1. The Hall–Kier alpha value is -0.790. The predicted molar refractivity (Wildman–Crippen MR) is 52.4 cm³/mol. The Balaban J connectivity index is 2.18. The van der Waals surface area contributed by atoms with Crippen LogP contribution in [-0.4, -0.2) is 23.8 Å². The van der Waals surface area contributed by atoms with E-state index in [-0.39, 0.29) is 0 Å². The van der Waals surface area contributed by atoms with Crippen LogP contribution in [0.15, 0.2) is 11.3 Å². The minimum absolute atomic E-state index is 0.291. The van der Waals surface area contributed by atoms with Gasteiger partial charge in [-0.2, -0.15) is 0 Å². The van der Waals surface area contributed by atoms with E-state index in [9.17, 15) is 4.79 Å². The van der Waals surface area contributed by atoms with Crippen molar-refractivity contribution in [3.8, 4) is 0 Å². The second-order valence-electron chi connectivity index (χ2n) is 4.03. The summed E-state index contributed by atoms with van der Waals surface area (Å²) in [4.78, 5) is 13.7. The first kappa shape index (κ1) is 8.79. The van der Waals surface area contributed by atoms with Gasteiger partial charge in [0.1, 0.15) is 0 Å². The van der Waals surface area contributed by atoms with E-state index in [2.05, 4.69) is 4.90 Å². The molecule has 2 heteroatoms. The molecule has 13 heavy (non-hydrogen) atoms. The molecule has 1 saturated heterocycles. The van der Waals surface area contributed by atoms with Crippen LogP contribution in [0, 0.1) is 0 Å². The fraction of sp³-hybridized carbons (Fsp3) is 0.727. The fourth-order valence-electron chi connectivity index (χ4n) is 2.44. The molecule has 1 fully saturated rings. The normalized spacial score (nSPS) is 23.0. The third kappa shape index (κ3) is 1.62. The number of carbonyl (C=O) groups excluding carboxylic acids is 1. The minimum Gasteiger partial charge on any atom is -0.374 e. The first-order chi connectivity index (χ1) is 6.29. The van der Waals surface area contributed by atoms with Crippen molar-refractivity contribution < 1.29 is 4.79 Å². The molecule has 0 radical (unpaired) electrons. The van der Waals surface area contributed by atoms with Gasteiger partial charge in [-0.1, -0.05) is 0 Å². The van der Waals surface area contributed by atoms with Crippen LogP contribution >= 0.6 is 0 Å². The second kappa shape index (κ2) is 3.52. The summed E-state index contributed by atoms with van der Waals surface area (Å²) < 4.78 is 0. The molecule has 0 N–H and O–H groups in total. The molecule has 0 saturated carbocycles. The molecule has 2 rings (SSSR count). The topological polar surface area (TPSA) is 20.3 Å². The monoisotopic (exact) mass is 179 g/mol. The Morgan fingerprint density at radius 1 is 1.15 bits per heavy atom. The summed E-state index contributed by atoms with van der Waals surface area (Å²) in [6, 6.07) is 0. The van der Waals surface area contributed by atoms with E-state index in [0.29, 0.717) is 5.78 Å². The molecule has 0 unspecified atom stereocenters. The molecule has 2 nitrogen and oxygen atoms in total. The number of rotatable bonds is 2. The Morgan fingerprint density at radius 2 is 1.85 bits per heavy atom. The summed E-state index contributed by atoms with van der Waals surface area (Å²) in [6.07, 6.45) is 5.93. The van der Waals surface area contributed by atoms with E-state index < -0.39 is 0 Å². The van der Waals surface area contributed by atoms with Gasteiger partial charge in [0.25, 0.3) is 0 Å². The third-order valence-electron chi connectivity index (χ3n) is 3.10. The van der Waals surface area contributed by atoms with Crippen molar-refractivity contribution >= 4 is 5.78 Å².